The summed E-state index contributed by atoms with van der Waals surface area (Å²) in [6.45, 7) is 2.26. The molecule has 0 bridgehead atoms. The first kappa shape index (κ1) is 41.2. The molecule has 4 aromatic carbocycles. The Hall–Kier alpha value is -6.98. The number of aryl methyl sites for hydroxylation is 2. The van der Waals surface area contributed by atoms with Crippen molar-refractivity contribution in [2.24, 2.45) is 0 Å². The van der Waals surface area contributed by atoms with Gasteiger partial charge in [0, 0.05) is 23.3 Å². The van der Waals surface area contributed by atoms with Crippen LogP contribution in [0.2, 0.25) is 0 Å². The Balaban J connectivity index is 0.000000218. The first-order valence-corrected chi connectivity index (χ1v) is 17.2. The quantitative estimate of drug-likeness (QED) is 0.161. The molecular weight excluding hydrogens is 760 g/mol. The molecule has 0 aliphatic carbocycles. The summed E-state index contributed by atoms with van der Waals surface area (Å²) >= 11 is 0. The van der Waals surface area contributed by atoms with Crippen LogP contribution in [0.3, 0.4) is 0 Å². The monoisotopic (exact) mass is 794 g/mol. The zero-order chi connectivity index (χ0) is 41.6. The second-order valence-corrected chi connectivity index (χ2v) is 12.5. The molecule has 0 aromatic heterocycles. The van der Waals surface area contributed by atoms with Crippen LogP contribution in [0, 0.1) is 23.3 Å². The Morgan fingerprint density at radius 1 is 0.579 bits per heavy atom. The summed E-state index contributed by atoms with van der Waals surface area (Å²) in [5, 5.41) is 14.1. The molecule has 0 unspecified atom stereocenters. The lowest BCUT2D eigenvalue weighted by molar-refractivity contribution is -0.136. The zero-order valence-electron chi connectivity index (χ0n) is 30.5. The summed E-state index contributed by atoms with van der Waals surface area (Å²) in [5.41, 5.74) is 0.558. The maximum absolute atomic E-state index is 14.5. The van der Waals surface area contributed by atoms with Gasteiger partial charge in [-0.25, -0.2) is 17.6 Å². The zero-order valence-corrected chi connectivity index (χ0v) is 30.5. The van der Waals surface area contributed by atoms with Crippen LogP contribution in [0.15, 0.2) is 60.7 Å². The van der Waals surface area contributed by atoms with Gasteiger partial charge in [0.2, 0.25) is 23.6 Å². The van der Waals surface area contributed by atoms with Crippen molar-refractivity contribution in [2.75, 3.05) is 33.3 Å². The second-order valence-electron chi connectivity index (χ2n) is 12.5. The van der Waals surface area contributed by atoms with Crippen molar-refractivity contribution in [1.29, 1.82) is 0 Å². The van der Waals surface area contributed by atoms with E-state index in [2.05, 4.69) is 10.6 Å². The fraction of sp³-hybridized carbons (Fsp3) is 0.231. The van der Waals surface area contributed by atoms with Crippen LogP contribution in [-0.2, 0) is 32.0 Å². The molecule has 6 rings (SSSR count). The van der Waals surface area contributed by atoms with E-state index in [4.69, 9.17) is 14.2 Å². The Morgan fingerprint density at radius 2 is 0.982 bits per heavy atom. The number of amides is 6. The van der Waals surface area contributed by atoms with Gasteiger partial charge in [-0.1, -0.05) is 13.8 Å². The Bertz CT molecular complexity index is 2250. The molecule has 6 amide bonds. The Morgan fingerprint density at radius 3 is 1.39 bits per heavy atom. The molecular formula is C39H34F4N4O10. The van der Waals surface area contributed by atoms with Crippen LogP contribution in [0.5, 0.6) is 34.5 Å². The number of nitrogens with one attached hydrogen (secondary N) is 2. The van der Waals surface area contributed by atoms with Crippen LogP contribution < -0.4 is 24.8 Å². The van der Waals surface area contributed by atoms with Crippen molar-refractivity contribution < 1.29 is 65.6 Å². The van der Waals surface area contributed by atoms with Crippen molar-refractivity contribution in [3.8, 4) is 34.5 Å². The summed E-state index contributed by atoms with van der Waals surface area (Å²) in [5.74, 6) is -7.73. The fourth-order valence-electron chi connectivity index (χ4n) is 5.62. The van der Waals surface area contributed by atoms with Crippen LogP contribution >= 0.6 is 0 Å². The van der Waals surface area contributed by atoms with Crippen LogP contribution in [0.25, 0.3) is 0 Å². The van der Waals surface area contributed by atoms with E-state index < -0.39 is 58.7 Å². The van der Waals surface area contributed by atoms with Crippen LogP contribution in [0.1, 0.15) is 45.7 Å². The number of methoxy groups -OCH3 is 1. The third-order valence-electron chi connectivity index (χ3n) is 8.49. The second kappa shape index (κ2) is 17.7. The molecule has 0 radical (unpaired) electrons. The fourth-order valence-corrected chi connectivity index (χ4v) is 5.62. The number of rotatable bonds is 9. The van der Waals surface area contributed by atoms with Gasteiger partial charge in [0.25, 0.3) is 11.8 Å². The number of benzene rings is 4. The maximum Gasteiger partial charge on any atom is 0.254 e. The van der Waals surface area contributed by atoms with Gasteiger partial charge in [0.05, 0.1) is 7.11 Å². The first-order valence-electron chi connectivity index (χ1n) is 17.2. The lowest BCUT2D eigenvalue weighted by Crippen LogP contribution is -2.53. The number of halogens is 4. The number of hydrogen-bond acceptors (Lipinski definition) is 10. The lowest BCUT2D eigenvalue weighted by atomic mass is 10.1. The topological polar surface area (TPSA) is 181 Å². The molecule has 2 fully saturated rings. The average Bonchev–Trinajstić information content (AvgIpc) is 3.16. The number of carbonyl (C=O) groups is 6. The SMILES string of the molecule is CCc1cc(O)c(Oc2ccc(C(=O)N3CC(=O)NC(=O)C3)cc2F)cc1F.CCc1cc(OC)c(Oc2ccc(C(=O)N3CC(=O)NC(=O)C3)cc2F)cc1F. The Labute approximate surface area is 321 Å². The molecule has 57 heavy (non-hydrogen) atoms. The van der Waals surface area contributed by atoms with Crippen molar-refractivity contribution in [3.05, 3.63) is 106 Å². The molecule has 14 nitrogen and oxygen atoms in total. The number of carbonyl (C=O) groups excluding carboxylic acids is 6. The number of phenolic OH excluding ortho intramolecular Hbond substituents is 1. The summed E-state index contributed by atoms with van der Waals surface area (Å²) in [7, 11) is 1.38. The molecule has 0 spiro atoms. The van der Waals surface area contributed by atoms with Crippen LogP contribution in [-0.4, -0.2) is 83.6 Å². The highest BCUT2D eigenvalue weighted by atomic mass is 19.1. The predicted octanol–water partition coefficient (Wildman–Crippen LogP) is 4.55. The minimum absolute atomic E-state index is 0.0153. The highest BCUT2D eigenvalue weighted by molar-refractivity contribution is 6.06. The normalized spacial score (nSPS) is 13.9. The number of hydrogen-bond donors (Lipinski definition) is 3. The van der Waals surface area contributed by atoms with Crippen molar-refractivity contribution >= 4 is 35.4 Å². The smallest absolute Gasteiger partial charge is 0.254 e. The van der Waals surface area contributed by atoms with Gasteiger partial charge in [-0.3, -0.25) is 39.4 Å². The van der Waals surface area contributed by atoms with Gasteiger partial charge < -0.3 is 29.1 Å². The molecule has 2 aliphatic heterocycles. The number of imide groups is 2. The largest absolute Gasteiger partial charge is 0.504 e. The minimum atomic E-state index is -0.932. The molecule has 18 heteroatoms. The van der Waals surface area contributed by atoms with Gasteiger partial charge in [-0.2, -0.15) is 0 Å². The van der Waals surface area contributed by atoms with E-state index in [1.807, 2.05) is 0 Å². The van der Waals surface area contributed by atoms with Gasteiger partial charge in [0.1, 0.15) is 37.8 Å². The average molecular weight is 795 g/mol. The maximum atomic E-state index is 14.5. The van der Waals surface area contributed by atoms with Crippen molar-refractivity contribution in [3.63, 3.8) is 0 Å². The summed E-state index contributed by atoms with van der Waals surface area (Å²) in [6.07, 6.45) is 0.812. The number of phenols is 1. The molecule has 298 valence electrons. The molecule has 3 N–H and O–H groups in total. The van der Waals surface area contributed by atoms with E-state index in [-0.39, 0.29) is 77.4 Å². The lowest BCUT2D eigenvalue weighted by Gasteiger charge is -2.25. The van der Waals surface area contributed by atoms with Crippen LogP contribution in [0.4, 0.5) is 17.6 Å². The molecule has 0 saturated carbocycles. The highest BCUT2D eigenvalue weighted by Gasteiger charge is 2.29. The molecule has 2 saturated heterocycles. The van der Waals surface area contributed by atoms with E-state index in [1.54, 1.807) is 13.8 Å². The van der Waals surface area contributed by atoms with Gasteiger partial charge in [-0.05, 0) is 72.5 Å². The van der Waals surface area contributed by atoms with E-state index in [1.165, 1.54) is 37.4 Å². The predicted molar refractivity (Wildman–Crippen MR) is 191 cm³/mol. The number of ether oxygens (including phenoxy) is 3. The molecule has 4 aromatic rings. The third-order valence-corrected chi connectivity index (χ3v) is 8.49. The van der Waals surface area contributed by atoms with Crippen molar-refractivity contribution in [1.82, 2.24) is 20.4 Å². The minimum Gasteiger partial charge on any atom is -0.504 e. The molecule has 0 atom stereocenters. The molecule has 2 heterocycles. The van der Waals surface area contributed by atoms with E-state index >= 15 is 0 Å². The third kappa shape index (κ3) is 9.83. The van der Waals surface area contributed by atoms with E-state index in [9.17, 15) is 51.4 Å². The molecule has 2 aliphatic rings. The van der Waals surface area contributed by atoms with Gasteiger partial charge >= 0.3 is 0 Å². The number of nitrogens with zero attached hydrogens (tertiary/aromatic N) is 2. The number of piperazine rings is 2. The summed E-state index contributed by atoms with van der Waals surface area (Å²) in [6, 6.07) is 11.4. The first-order chi connectivity index (χ1) is 27.1. The van der Waals surface area contributed by atoms with E-state index in [0.29, 0.717) is 18.4 Å². The summed E-state index contributed by atoms with van der Waals surface area (Å²) in [4.78, 5) is 72.4. The summed E-state index contributed by atoms with van der Waals surface area (Å²) < 4.78 is 72.7. The van der Waals surface area contributed by atoms with Gasteiger partial charge in [-0.15, -0.1) is 0 Å². The number of aromatic hydroxyl groups is 1. The Kier molecular flexibility index (Phi) is 12.8. The highest BCUT2D eigenvalue weighted by Crippen LogP contribution is 2.36. The van der Waals surface area contributed by atoms with Crippen molar-refractivity contribution in [2.45, 2.75) is 26.7 Å². The van der Waals surface area contributed by atoms with Gasteiger partial charge in [0.15, 0.2) is 46.1 Å². The standard InChI is InChI=1S/C20H18F2N2O5.C19H16F2N2O5/c1-3-11-7-16(28-2)17(8-13(11)21)29-15-5-4-12(6-14(15)22)20(27)24-9-18(25)23-19(26)10-24;1-2-10-6-14(24)16(7-12(10)20)28-15-4-3-11(5-13(15)21)19(27)23-8-17(25)22-18(26)9-23/h4-8H,3,9-10H2,1-2H3,(H,23,25,26);3-7,24H,2,8-9H2,1H3,(H,22,25,26). The van der Waals surface area contributed by atoms with E-state index in [0.717, 1.165) is 40.1 Å².